The van der Waals surface area contributed by atoms with Gasteiger partial charge in [0.15, 0.2) is 0 Å². The Bertz CT molecular complexity index is 240. The number of ether oxygens (including phenoxy) is 2. The van der Waals surface area contributed by atoms with Crippen molar-refractivity contribution in [2.45, 2.75) is 59.7 Å². The number of hydrogen-bond donors (Lipinski definition) is 1. The standard InChI is InChI=1S/C12H23NO3/c1-7(2)6-10-9(5)11(14)13-12(16-10)15-8(3)4/h7-10,12H,6H2,1-5H3,(H,13,14)/t9-,10-,12+/m1/s1. The second-order valence-electron chi connectivity index (χ2n) is 5.12. The quantitative estimate of drug-likeness (QED) is 0.801. The molecule has 0 aromatic carbocycles. The van der Waals surface area contributed by atoms with Crippen molar-refractivity contribution in [3.63, 3.8) is 0 Å². The minimum absolute atomic E-state index is 0.0163. The monoisotopic (exact) mass is 229 g/mol. The van der Waals surface area contributed by atoms with Gasteiger partial charge in [-0.2, -0.15) is 0 Å². The predicted molar refractivity (Wildman–Crippen MR) is 61.6 cm³/mol. The zero-order valence-electron chi connectivity index (χ0n) is 10.8. The van der Waals surface area contributed by atoms with Crippen molar-refractivity contribution in [1.82, 2.24) is 5.32 Å². The third-order valence-electron chi connectivity index (χ3n) is 2.63. The topological polar surface area (TPSA) is 47.6 Å². The van der Waals surface area contributed by atoms with Crippen LogP contribution in [0.1, 0.15) is 41.0 Å². The summed E-state index contributed by atoms with van der Waals surface area (Å²) in [6, 6.07) is 0. The Hall–Kier alpha value is -0.610. The lowest BCUT2D eigenvalue weighted by molar-refractivity contribution is -0.232. The van der Waals surface area contributed by atoms with Crippen LogP contribution in [0.25, 0.3) is 0 Å². The van der Waals surface area contributed by atoms with Crippen LogP contribution >= 0.6 is 0 Å². The summed E-state index contributed by atoms with van der Waals surface area (Å²) >= 11 is 0. The lowest BCUT2D eigenvalue weighted by atomic mass is 9.94. The maximum absolute atomic E-state index is 11.7. The van der Waals surface area contributed by atoms with Gasteiger partial charge in [0.1, 0.15) is 0 Å². The second-order valence-corrected chi connectivity index (χ2v) is 5.12. The first-order valence-corrected chi connectivity index (χ1v) is 6.01. The fourth-order valence-electron chi connectivity index (χ4n) is 1.76. The van der Waals surface area contributed by atoms with Crippen LogP contribution in [-0.2, 0) is 14.3 Å². The molecule has 0 aromatic rings. The minimum Gasteiger partial charge on any atom is -0.333 e. The average molecular weight is 229 g/mol. The molecule has 0 aromatic heterocycles. The fourth-order valence-corrected chi connectivity index (χ4v) is 1.76. The van der Waals surface area contributed by atoms with Crippen LogP contribution in [0.2, 0.25) is 0 Å². The number of amides is 1. The van der Waals surface area contributed by atoms with E-state index in [1.165, 1.54) is 0 Å². The highest BCUT2D eigenvalue weighted by Crippen LogP contribution is 2.22. The van der Waals surface area contributed by atoms with Crippen molar-refractivity contribution < 1.29 is 14.3 Å². The summed E-state index contributed by atoms with van der Waals surface area (Å²) in [4.78, 5) is 11.7. The highest BCUT2D eigenvalue weighted by Gasteiger charge is 2.35. The van der Waals surface area contributed by atoms with E-state index in [0.29, 0.717) is 5.92 Å². The van der Waals surface area contributed by atoms with Gasteiger partial charge in [-0.3, -0.25) is 4.79 Å². The lowest BCUT2D eigenvalue weighted by Gasteiger charge is -2.36. The molecule has 0 radical (unpaired) electrons. The summed E-state index contributed by atoms with van der Waals surface area (Å²) in [6.45, 7) is 9.99. The van der Waals surface area contributed by atoms with E-state index in [-0.39, 0.29) is 24.0 Å². The van der Waals surface area contributed by atoms with Crippen LogP contribution in [0.3, 0.4) is 0 Å². The largest absolute Gasteiger partial charge is 0.333 e. The maximum Gasteiger partial charge on any atom is 0.240 e. The van der Waals surface area contributed by atoms with Crippen molar-refractivity contribution in [2.24, 2.45) is 11.8 Å². The van der Waals surface area contributed by atoms with Gasteiger partial charge >= 0.3 is 0 Å². The van der Waals surface area contributed by atoms with Gasteiger partial charge < -0.3 is 14.8 Å². The summed E-state index contributed by atoms with van der Waals surface area (Å²) in [6.07, 6.45) is 0.287. The molecule has 0 spiro atoms. The van der Waals surface area contributed by atoms with Crippen molar-refractivity contribution in [1.29, 1.82) is 0 Å². The first kappa shape index (κ1) is 13.5. The molecular formula is C12H23NO3. The third-order valence-corrected chi connectivity index (χ3v) is 2.63. The molecule has 1 saturated heterocycles. The molecule has 4 heteroatoms. The van der Waals surface area contributed by atoms with Gasteiger partial charge in [0.05, 0.1) is 18.1 Å². The maximum atomic E-state index is 11.7. The van der Waals surface area contributed by atoms with E-state index in [2.05, 4.69) is 19.2 Å². The van der Waals surface area contributed by atoms with E-state index in [0.717, 1.165) is 6.42 Å². The fraction of sp³-hybridized carbons (Fsp3) is 0.917. The number of carbonyl (C=O) groups is 1. The molecule has 0 unspecified atom stereocenters. The van der Waals surface area contributed by atoms with E-state index in [1.807, 2.05) is 20.8 Å². The summed E-state index contributed by atoms with van der Waals surface area (Å²) < 4.78 is 11.2. The normalized spacial score (nSPS) is 30.9. The summed E-state index contributed by atoms with van der Waals surface area (Å²) in [5.41, 5.74) is 0. The smallest absolute Gasteiger partial charge is 0.240 e. The van der Waals surface area contributed by atoms with Gasteiger partial charge in [-0.05, 0) is 26.2 Å². The Balaban J connectivity index is 2.58. The highest BCUT2D eigenvalue weighted by atomic mass is 16.7. The Kier molecular flexibility index (Phi) is 4.74. The Morgan fingerprint density at radius 2 is 2.00 bits per heavy atom. The lowest BCUT2D eigenvalue weighted by Crippen LogP contribution is -2.53. The molecule has 1 rings (SSSR count). The van der Waals surface area contributed by atoms with E-state index >= 15 is 0 Å². The second kappa shape index (κ2) is 5.64. The van der Waals surface area contributed by atoms with Gasteiger partial charge in [-0.15, -0.1) is 0 Å². The molecule has 0 aliphatic carbocycles. The molecule has 1 aliphatic heterocycles. The highest BCUT2D eigenvalue weighted by molar-refractivity contribution is 5.79. The van der Waals surface area contributed by atoms with Crippen molar-refractivity contribution in [3.8, 4) is 0 Å². The SMILES string of the molecule is CC(C)C[C@H]1O[C@H](OC(C)C)NC(=O)[C@@H]1C. The van der Waals surface area contributed by atoms with Crippen molar-refractivity contribution in [3.05, 3.63) is 0 Å². The molecule has 1 N–H and O–H groups in total. The first-order chi connectivity index (χ1) is 7.40. The van der Waals surface area contributed by atoms with E-state index in [1.54, 1.807) is 0 Å². The van der Waals surface area contributed by atoms with E-state index < -0.39 is 6.41 Å². The molecule has 4 nitrogen and oxygen atoms in total. The zero-order chi connectivity index (χ0) is 12.3. The van der Waals surface area contributed by atoms with Crippen LogP contribution in [0.4, 0.5) is 0 Å². The Morgan fingerprint density at radius 1 is 1.38 bits per heavy atom. The first-order valence-electron chi connectivity index (χ1n) is 6.01. The van der Waals surface area contributed by atoms with Crippen LogP contribution in [0.15, 0.2) is 0 Å². The Morgan fingerprint density at radius 3 is 2.50 bits per heavy atom. The number of hydrogen-bond acceptors (Lipinski definition) is 3. The predicted octanol–water partition coefficient (Wildman–Crippen LogP) is 1.89. The molecule has 0 saturated carbocycles. The average Bonchev–Trinajstić information content (AvgIpc) is 2.11. The molecule has 1 aliphatic rings. The number of rotatable bonds is 4. The summed E-state index contributed by atoms with van der Waals surface area (Å²) in [5, 5.41) is 2.72. The van der Waals surface area contributed by atoms with Crippen LogP contribution in [0, 0.1) is 11.8 Å². The Labute approximate surface area is 97.7 Å². The van der Waals surface area contributed by atoms with Crippen LogP contribution < -0.4 is 5.32 Å². The number of carbonyl (C=O) groups excluding carboxylic acids is 1. The van der Waals surface area contributed by atoms with Crippen molar-refractivity contribution in [2.75, 3.05) is 0 Å². The molecular weight excluding hydrogens is 206 g/mol. The molecule has 3 atom stereocenters. The van der Waals surface area contributed by atoms with Crippen LogP contribution in [-0.4, -0.2) is 24.5 Å². The number of nitrogens with one attached hydrogen (secondary N) is 1. The van der Waals surface area contributed by atoms with Crippen LogP contribution in [0.5, 0.6) is 0 Å². The van der Waals surface area contributed by atoms with Gasteiger partial charge in [-0.25, -0.2) is 0 Å². The van der Waals surface area contributed by atoms with Gasteiger partial charge in [-0.1, -0.05) is 20.8 Å². The molecule has 1 amide bonds. The van der Waals surface area contributed by atoms with Gasteiger partial charge in [0.2, 0.25) is 12.3 Å². The molecule has 1 fully saturated rings. The molecule has 94 valence electrons. The minimum atomic E-state index is -0.590. The van der Waals surface area contributed by atoms with Gasteiger partial charge in [0.25, 0.3) is 0 Å². The summed E-state index contributed by atoms with van der Waals surface area (Å²) in [5.74, 6) is 0.426. The van der Waals surface area contributed by atoms with Crippen molar-refractivity contribution >= 4 is 5.91 Å². The molecule has 16 heavy (non-hydrogen) atoms. The van der Waals surface area contributed by atoms with Gasteiger partial charge in [0, 0.05) is 0 Å². The molecule has 0 bridgehead atoms. The third kappa shape index (κ3) is 3.76. The molecule has 1 heterocycles. The van der Waals surface area contributed by atoms with E-state index in [4.69, 9.17) is 9.47 Å². The summed E-state index contributed by atoms with van der Waals surface area (Å²) in [7, 11) is 0. The van der Waals surface area contributed by atoms with E-state index in [9.17, 15) is 4.79 Å². The zero-order valence-corrected chi connectivity index (χ0v) is 10.8.